The molecule has 2 aliphatic heterocycles. The Morgan fingerprint density at radius 1 is 0.488 bits per heavy atom. The summed E-state index contributed by atoms with van der Waals surface area (Å²) in [6.07, 6.45) is 0. The molecule has 3 nitrogen and oxygen atoms in total. The highest BCUT2D eigenvalue weighted by molar-refractivity contribution is 7.25. The van der Waals surface area contributed by atoms with Crippen molar-refractivity contribution in [1.29, 1.82) is 0 Å². The third-order valence-corrected chi connectivity index (χ3v) is 9.79. The van der Waals surface area contributed by atoms with Crippen LogP contribution >= 0.6 is 11.3 Å². The molecule has 5 heteroatoms. The number of benzene rings is 6. The molecule has 190 valence electrons. The molecule has 2 aromatic heterocycles. The molecule has 41 heavy (non-hydrogen) atoms. The zero-order chi connectivity index (χ0) is 26.7. The minimum atomic E-state index is -0.478. The maximum atomic E-state index is 6.42. The third-order valence-electron chi connectivity index (χ3n) is 8.65. The molecule has 0 N–H and O–H groups in total. The lowest BCUT2D eigenvalue weighted by atomic mass is 9.66. The van der Waals surface area contributed by atoms with Crippen LogP contribution in [0.15, 0.2) is 121 Å². The number of aromatic nitrogens is 1. The van der Waals surface area contributed by atoms with Crippen molar-refractivity contribution < 1.29 is 9.31 Å². The molecule has 0 amide bonds. The molecule has 6 aromatic carbocycles. The molecule has 8 aromatic rings. The minimum Gasteiger partial charge on any atom is -0.521 e. The van der Waals surface area contributed by atoms with Crippen molar-refractivity contribution in [3.8, 4) is 39.4 Å². The van der Waals surface area contributed by atoms with Gasteiger partial charge in [-0.3, -0.25) is 0 Å². The summed E-state index contributed by atoms with van der Waals surface area (Å²) in [7, 11) is -0.478. The lowest BCUT2D eigenvalue weighted by Crippen LogP contribution is -2.49. The molecule has 0 bridgehead atoms. The van der Waals surface area contributed by atoms with Gasteiger partial charge in [0.25, 0.3) is 0 Å². The van der Waals surface area contributed by atoms with Gasteiger partial charge in [-0.1, -0.05) is 72.8 Å². The fraction of sp³-hybridized carbons (Fsp3) is 0. The Morgan fingerprint density at radius 2 is 1.12 bits per heavy atom. The quantitative estimate of drug-likeness (QED) is 0.194. The van der Waals surface area contributed by atoms with Crippen molar-refractivity contribution in [2.24, 2.45) is 0 Å². The maximum absolute atomic E-state index is 6.42. The molecule has 0 aliphatic carbocycles. The van der Waals surface area contributed by atoms with Gasteiger partial charge in [-0.25, -0.2) is 0 Å². The number of para-hydroxylation sites is 3. The molecular weight excluding hydrogens is 521 g/mol. The van der Waals surface area contributed by atoms with E-state index in [1.54, 1.807) is 0 Å². The smallest absolute Gasteiger partial charge is 0.521 e. The summed E-state index contributed by atoms with van der Waals surface area (Å²) in [5.41, 5.74) is 9.15. The first-order valence-corrected chi connectivity index (χ1v) is 14.7. The van der Waals surface area contributed by atoms with Gasteiger partial charge in [0.05, 0.1) is 11.0 Å². The molecule has 4 heterocycles. The number of hydrogen-bond acceptors (Lipinski definition) is 3. The van der Waals surface area contributed by atoms with Crippen LogP contribution in [0.4, 0.5) is 0 Å². The number of nitrogens with zero attached hydrogens (tertiary/aromatic N) is 1. The summed E-state index contributed by atoms with van der Waals surface area (Å²) in [6, 6.07) is 43.5. The minimum absolute atomic E-state index is 0.478. The van der Waals surface area contributed by atoms with Crippen molar-refractivity contribution in [2.75, 3.05) is 0 Å². The predicted octanol–water partition coefficient (Wildman–Crippen LogP) is 8.97. The van der Waals surface area contributed by atoms with Gasteiger partial charge >= 0.3 is 7.12 Å². The molecule has 0 atom stereocenters. The average Bonchev–Trinajstić information content (AvgIpc) is 3.54. The van der Waals surface area contributed by atoms with Crippen molar-refractivity contribution in [1.82, 2.24) is 4.57 Å². The summed E-state index contributed by atoms with van der Waals surface area (Å²) in [4.78, 5) is 0. The highest BCUT2D eigenvalue weighted by atomic mass is 32.1. The van der Waals surface area contributed by atoms with Crippen LogP contribution < -0.4 is 14.8 Å². The lowest BCUT2D eigenvalue weighted by molar-refractivity contribution is 0.436. The van der Waals surface area contributed by atoms with E-state index in [0.29, 0.717) is 0 Å². The first-order valence-electron chi connectivity index (χ1n) is 13.9. The van der Waals surface area contributed by atoms with E-state index >= 15 is 0 Å². The number of fused-ring (bicyclic) bond motifs is 10. The molecule has 10 rings (SSSR count). The highest BCUT2D eigenvalue weighted by Crippen LogP contribution is 2.45. The van der Waals surface area contributed by atoms with Crippen molar-refractivity contribution in [3.63, 3.8) is 0 Å². The molecule has 2 aliphatic rings. The van der Waals surface area contributed by atoms with E-state index in [4.69, 9.17) is 9.31 Å². The zero-order valence-corrected chi connectivity index (χ0v) is 22.6. The monoisotopic (exact) mass is 541 g/mol. The van der Waals surface area contributed by atoms with Gasteiger partial charge in [0.1, 0.15) is 11.5 Å². The Kier molecular flexibility index (Phi) is 4.15. The normalized spacial score (nSPS) is 13.2. The number of rotatable bonds is 1. The molecular formula is C36H20BNO2S. The van der Waals surface area contributed by atoms with Crippen molar-refractivity contribution in [3.05, 3.63) is 121 Å². The second kappa shape index (κ2) is 7.81. The van der Waals surface area contributed by atoms with Crippen molar-refractivity contribution >= 4 is 65.9 Å². The van der Waals surface area contributed by atoms with Gasteiger partial charge in [0.2, 0.25) is 0 Å². The molecule has 0 saturated heterocycles. The van der Waals surface area contributed by atoms with Crippen molar-refractivity contribution in [2.45, 2.75) is 0 Å². The highest BCUT2D eigenvalue weighted by Gasteiger charge is 2.41. The van der Waals surface area contributed by atoms with Crippen LogP contribution in [0, 0.1) is 0 Å². The van der Waals surface area contributed by atoms with Crippen LogP contribution in [0.1, 0.15) is 0 Å². The van der Waals surface area contributed by atoms with Gasteiger partial charge in [-0.15, -0.1) is 11.3 Å². The lowest BCUT2D eigenvalue weighted by Gasteiger charge is -2.32. The SMILES string of the molecule is c1ccc2c(c1)OB1Oc3ccccc3-c3cc(-n4c5ccccc5c5cc6sc7ccccc7c6cc54)cc-2c31. The summed E-state index contributed by atoms with van der Waals surface area (Å²) in [6.45, 7) is 0. The Hall–Kier alpha value is -5.00. The second-order valence-corrected chi connectivity index (χ2v) is 11.9. The van der Waals surface area contributed by atoms with E-state index in [9.17, 15) is 0 Å². The van der Waals surface area contributed by atoms with E-state index in [2.05, 4.69) is 102 Å². The Bertz CT molecular complexity index is 2330. The third kappa shape index (κ3) is 2.88. The van der Waals surface area contributed by atoms with Crippen LogP contribution in [0.5, 0.6) is 11.5 Å². The molecule has 0 unspecified atom stereocenters. The second-order valence-electron chi connectivity index (χ2n) is 10.8. The fourth-order valence-corrected chi connectivity index (χ4v) is 8.02. The van der Waals surface area contributed by atoms with Crippen LogP contribution in [-0.2, 0) is 0 Å². The van der Waals surface area contributed by atoms with Gasteiger partial charge in [-0.2, -0.15) is 0 Å². The first-order chi connectivity index (χ1) is 20.3. The van der Waals surface area contributed by atoms with E-state index in [-0.39, 0.29) is 0 Å². The number of thiophene rings is 1. The Labute approximate surface area is 239 Å². The predicted molar refractivity (Wildman–Crippen MR) is 171 cm³/mol. The summed E-state index contributed by atoms with van der Waals surface area (Å²) >= 11 is 1.87. The van der Waals surface area contributed by atoms with Crippen LogP contribution in [0.25, 0.3) is 69.9 Å². The Balaban J connectivity index is 1.36. The molecule has 0 radical (unpaired) electrons. The maximum Gasteiger partial charge on any atom is 0.633 e. The standard InChI is InChI=1S/C36H20BNO2S/c1-5-13-30-22(9-1)26-20-35-27(25-12-4-8-16-34(25)41-35)19-31(26)38(30)21-17-28-23-10-2-6-14-32(23)39-37-36(28)29(18-21)24-11-3-7-15-33(24)40-37/h1-20H. The summed E-state index contributed by atoms with van der Waals surface area (Å²) in [5.74, 6) is 1.70. The average molecular weight is 541 g/mol. The van der Waals surface area contributed by atoms with Gasteiger partial charge in [0.15, 0.2) is 0 Å². The van der Waals surface area contributed by atoms with Gasteiger partial charge < -0.3 is 13.9 Å². The number of hydrogen-bond donors (Lipinski definition) is 0. The first kappa shape index (κ1) is 21.8. The molecule has 0 fully saturated rings. The van der Waals surface area contributed by atoms with E-state index in [0.717, 1.165) is 44.9 Å². The molecule has 0 saturated carbocycles. The fourth-order valence-electron chi connectivity index (χ4n) is 6.89. The molecule has 0 spiro atoms. The van der Waals surface area contributed by atoms with Crippen LogP contribution in [0.2, 0.25) is 0 Å². The van der Waals surface area contributed by atoms with Crippen LogP contribution in [0.3, 0.4) is 0 Å². The van der Waals surface area contributed by atoms with Gasteiger partial charge in [-0.05, 0) is 59.7 Å². The van der Waals surface area contributed by atoms with E-state index in [1.807, 2.05) is 35.6 Å². The van der Waals surface area contributed by atoms with Gasteiger partial charge in [0, 0.05) is 53.2 Å². The largest absolute Gasteiger partial charge is 0.633 e. The zero-order valence-electron chi connectivity index (χ0n) is 21.8. The summed E-state index contributed by atoms with van der Waals surface area (Å²) in [5, 5.41) is 5.15. The summed E-state index contributed by atoms with van der Waals surface area (Å²) < 4.78 is 17.9. The van der Waals surface area contributed by atoms with Crippen LogP contribution in [-0.4, -0.2) is 11.7 Å². The van der Waals surface area contributed by atoms with E-state index < -0.39 is 7.12 Å². The van der Waals surface area contributed by atoms with E-state index in [1.165, 1.54) is 42.0 Å². The Morgan fingerprint density at radius 3 is 1.88 bits per heavy atom. The topological polar surface area (TPSA) is 23.4 Å².